The predicted molar refractivity (Wildman–Crippen MR) is 168 cm³/mol. The lowest BCUT2D eigenvalue weighted by Crippen LogP contribution is -2.47. The van der Waals surface area contributed by atoms with Crippen molar-refractivity contribution in [3.05, 3.63) is 77.6 Å². The van der Waals surface area contributed by atoms with Gasteiger partial charge < -0.3 is 24.8 Å². The molecule has 242 valence electrons. The fourth-order valence-electron chi connectivity index (χ4n) is 6.18. The van der Waals surface area contributed by atoms with E-state index in [4.69, 9.17) is 4.74 Å². The summed E-state index contributed by atoms with van der Waals surface area (Å²) < 4.78 is 76.6. The van der Waals surface area contributed by atoms with Gasteiger partial charge in [0.1, 0.15) is 11.6 Å². The number of methoxy groups -OCH3 is 1. The molecule has 3 aromatic carbocycles. The van der Waals surface area contributed by atoms with E-state index in [0.29, 0.717) is 50.8 Å². The van der Waals surface area contributed by atoms with Gasteiger partial charge in [-0.2, -0.15) is 4.31 Å². The van der Waals surface area contributed by atoms with Gasteiger partial charge >= 0.3 is 6.03 Å². The van der Waals surface area contributed by atoms with Gasteiger partial charge in [0.2, 0.25) is 10.0 Å². The number of benzene rings is 3. The first-order valence-electron chi connectivity index (χ1n) is 15.1. The number of sulfonamides is 1. The van der Waals surface area contributed by atoms with Crippen LogP contribution in [0, 0.1) is 17.5 Å². The SMILES string of the molecule is CCN(CC)S(=O)(=O)c1ccc(N2CCN(c3ccccc3OC)CC2)c(NC(=O)N2CCCC2c2cc(F)cc(F)c2F)c1. The number of nitrogens with zero attached hydrogens (tertiary/aromatic N) is 4. The molecule has 0 saturated carbocycles. The molecule has 2 amide bonds. The van der Waals surface area contributed by atoms with Gasteiger partial charge in [-0.25, -0.2) is 26.4 Å². The number of ether oxygens (including phenoxy) is 1. The molecule has 9 nitrogen and oxygen atoms in total. The maximum atomic E-state index is 14.7. The lowest BCUT2D eigenvalue weighted by molar-refractivity contribution is 0.205. The molecule has 3 aromatic rings. The number of hydrogen-bond acceptors (Lipinski definition) is 6. The summed E-state index contributed by atoms with van der Waals surface area (Å²) in [5.74, 6) is -2.68. The van der Waals surface area contributed by atoms with Crippen molar-refractivity contribution in [2.24, 2.45) is 0 Å². The van der Waals surface area contributed by atoms with Gasteiger partial charge in [-0.15, -0.1) is 0 Å². The standard InChI is InChI=1S/C32H38F3N5O4S/c1-4-39(5-2)45(42,43)23-12-13-28(37-15-17-38(18-16-37)29-9-6-7-11-30(29)44-3)26(21-23)36-32(41)40-14-8-10-27(40)24-19-22(33)20-25(34)31(24)35/h6-7,9,11-13,19-21,27H,4-5,8,10,14-18H2,1-3H3,(H,36,41). The van der Waals surface area contributed by atoms with Crippen molar-refractivity contribution in [2.75, 3.05) is 68.0 Å². The Bertz CT molecular complexity index is 1650. The Morgan fingerprint density at radius 1 is 0.933 bits per heavy atom. The number of carbonyl (C=O) groups is 1. The summed E-state index contributed by atoms with van der Waals surface area (Å²) in [5, 5.41) is 2.87. The number of halogens is 3. The summed E-state index contributed by atoms with van der Waals surface area (Å²) in [5.41, 5.74) is 1.64. The molecule has 13 heteroatoms. The zero-order valence-corrected chi connectivity index (χ0v) is 26.4. The predicted octanol–water partition coefficient (Wildman–Crippen LogP) is 5.84. The molecule has 1 N–H and O–H groups in total. The number of anilines is 3. The van der Waals surface area contributed by atoms with Crippen LogP contribution >= 0.6 is 0 Å². The van der Waals surface area contributed by atoms with Gasteiger partial charge in [0.05, 0.1) is 35.1 Å². The second-order valence-corrected chi connectivity index (χ2v) is 12.9. The molecule has 1 unspecified atom stereocenters. The van der Waals surface area contributed by atoms with Crippen LogP contribution in [0.1, 0.15) is 38.3 Å². The smallest absolute Gasteiger partial charge is 0.322 e. The Hall–Kier alpha value is -3.97. The van der Waals surface area contributed by atoms with Gasteiger partial charge in [0.15, 0.2) is 11.6 Å². The second kappa shape index (κ2) is 13.6. The fraction of sp³-hybridized carbons (Fsp3) is 0.406. The van der Waals surface area contributed by atoms with Crippen molar-refractivity contribution in [3.8, 4) is 5.75 Å². The molecule has 5 rings (SSSR count). The molecule has 2 aliphatic rings. The van der Waals surface area contributed by atoms with E-state index < -0.39 is 39.5 Å². The van der Waals surface area contributed by atoms with Crippen LogP contribution in [-0.4, -0.2) is 76.6 Å². The minimum Gasteiger partial charge on any atom is -0.495 e. The van der Waals surface area contributed by atoms with E-state index in [-0.39, 0.29) is 35.8 Å². The number of carbonyl (C=O) groups excluding carboxylic acids is 1. The molecule has 2 heterocycles. The number of nitrogens with one attached hydrogen (secondary N) is 1. The maximum absolute atomic E-state index is 14.7. The molecular weight excluding hydrogens is 607 g/mol. The summed E-state index contributed by atoms with van der Waals surface area (Å²) in [6, 6.07) is 12.3. The zero-order valence-electron chi connectivity index (χ0n) is 25.6. The Morgan fingerprint density at radius 3 is 2.27 bits per heavy atom. The zero-order chi connectivity index (χ0) is 32.3. The third-order valence-electron chi connectivity index (χ3n) is 8.49. The molecular formula is C32H38F3N5O4S. The molecule has 1 atom stereocenters. The highest BCUT2D eigenvalue weighted by Crippen LogP contribution is 2.37. The summed E-state index contributed by atoms with van der Waals surface area (Å²) in [4.78, 5) is 19.4. The minimum atomic E-state index is -3.85. The molecule has 2 saturated heterocycles. The summed E-state index contributed by atoms with van der Waals surface area (Å²) in [7, 11) is -2.23. The number of piperazine rings is 1. The third-order valence-corrected chi connectivity index (χ3v) is 10.5. The van der Waals surface area contributed by atoms with Crippen molar-refractivity contribution in [1.29, 1.82) is 0 Å². The first kappa shape index (κ1) is 32.4. The van der Waals surface area contributed by atoms with Crippen molar-refractivity contribution in [2.45, 2.75) is 37.6 Å². The number of hydrogen-bond donors (Lipinski definition) is 1. The van der Waals surface area contributed by atoms with E-state index in [1.54, 1.807) is 27.0 Å². The summed E-state index contributed by atoms with van der Waals surface area (Å²) in [6.45, 7) is 6.72. The van der Waals surface area contributed by atoms with Crippen LogP contribution in [0.5, 0.6) is 5.75 Å². The van der Waals surface area contributed by atoms with Gasteiger partial charge in [0, 0.05) is 57.4 Å². The third kappa shape index (κ3) is 6.55. The van der Waals surface area contributed by atoms with E-state index in [0.717, 1.165) is 17.5 Å². The van der Waals surface area contributed by atoms with E-state index >= 15 is 0 Å². The molecule has 0 aromatic heterocycles. The van der Waals surface area contributed by atoms with Gasteiger partial charge in [-0.3, -0.25) is 0 Å². The van der Waals surface area contributed by atoms with E-state index in [9.17, 15) is 26.4 Å². The molecule has 0 bridgehead atoms. The summed E-state index contributed by atoms with van der Waals surface area (Å²) in [6.07, 6.45) is 0.825. The monoisotopic (exact) mass is 645 g/mol. The lowest BCUT2D eigenvalue weighted by Gasteiger charge is -2.38. The van der Waals surface area contributed by atoms with E-state index in [2.05, 4.69) is 15.1 Å². The van der Waals surface area contributed by atoms with Gasteiger partial charge in [-0.1, -0.05) is 26.0 Å². The number of urea groups is 1. The van der Waals surface area contributed by atoms with Crippen LogP contribution in [0.25, 0.3) is 0 Å². The first-order valence-corrected chi connectivity index (χ1v) is 16.5. The van der Waals surface area contributed by atoms with Crippen LogP contribution < -0.4 is 19.9 Å². The van der Waals surface area contributed by atoms with Crippen molar-refractivity contribution < 1.29 is 31.1 Å². The quantitative estimate of drug-likeness (QED) is 0.295. The van der Waals surface area contributed by atoms with Crippen LogP contribution in [0.4, 0.5) is 35.0 Å². The topological polar surface area (TPSA) is 85.4 Å². The Kier molecular flexibility index (Phi) is 9.78. The van der Waals surface area contributed by atoms with Crippen LogP contribution in [-0.2, 0) is 10.0 Å². The Balaban J connectivity index is 1.45. The number of amides is 2. The Morgan fingerprint density at radius 2 is 1.60 bits per heavy atom. The molecule has 0 spiro atoms. The van der Waals surface area contributed by atoms with E-state index in [1.165, 1.54) is 21.3 Å². The molecule has 45 heavy (non-hydrogen) atoms. The summed E-state index contributed by atoms with van der Waals surface area (Å²) >= 11 is 0. The number of para-hydroxylation sites is 2. The average molecular weight is 646 g/mol. The highest BCUT2D eigenvalue weighted by Gasteiger charge is 2.34. The van der Waals surface area contributed by atoms with Crippen LogP contribution in [0.2, 0.25) is 0 Å². The van der Waals surface area contributed by atoms with Crippen molar-refractivity contribution in [3.63, 3.8) is 0 Å². The van der Waals surface area contributed by atoms with Crippen molar-refractivity contribution >= 4 is 33.1 Å². The lowest BCUT2D eigenvalue weighted by atomic mass is 10.0. The highest BCUT2D eigenvalue weighted by molar-refractivity contribution is 7.89. The first-order chi connectivity index (χ1) is 21.6. The van der Waals surface area contributed by atoms with Gasteiger partial charge in [-0.05, 0) is 49.2 Å². The van der Waals surface area contributed by atoms with E-state index in [1.807, 2.05) is 24.3 Å². The minimum absolute atomic E-state index is 0.0223. The molecule has 2 fully saturated rings. The normalized spacial score (nSPS) is 17.2. The molecule has 0 aliphatic carbocycles. The molecule has 2 aliphatic heterocycles. The molecule has 0 radical (unpaired) electrons. The van der Waals surface area contributed by atoms with Crippen LogP contribution in [0.15, 0.2) is 59.5 Å². The fourth-order valence-corrected chi connectivity index (χ4v) is 7.67. The maximum Gasteiger partial charge on any atom is 0.322 e. The van der Waals surface area contributed by atoms with Gasteiger partial charge in [0.25, 0.3) is 0 Å². The van der Waals surface area contributed by atoms with Crippen molar-refractivity contribution in [1.82, 2.24) is 9.21 Å². The Labute approximate surface area is 262 Å². The largest absolute Gasteiger partial charge is 0.495 e. The highest BCUT2D eigenvalue weighted by atomic mass is 32.2. The second-order valence-electron chi connectivity index (χ2n) is 11.0. The average Bonchev–Trinajstić information content (AvgIpc) is 3.53. The number of likely N-dealkylation sites (tertiary alicyclic amines) is 1. The van der Waals surface area contributed by atoms with Crippen LogP contribution in [0.3, 0.4) is 0 Å². The number of rotatable bonds is 9.